The van der Waals surface area contributed by atoms with E-state index in [4.69, 9.17) is 17.4 Å². The second-order valence-electron chi connectivity index (χ2n) is 3.72. The van der Waals surface area contributed by atoms with Gasteiger partial charge in [-0.1, -0.05) is 11.6 Å². The highest BCUT2D eigenvalue weighted by molar-refractivity contribution is 7.92. The van der Waals surface area contributed by atoms with Crippen LogP contribution in [0.25, 0.3) is 0 Å². The molecule has 0 bridgehead atoms. The second-order valence-corrected chi connectivity index (χ2v) is 5.78. The molecule has 6 nitrogen and oxygen atoms in total. The number of nitrogens with zero attached hydrogens (tertiary/aromatic N) is 1. The number of sulfonamides is 1. The van der Waals surface area contributed by atoms with Gasteiger partial charge in [0.1, 0.15) is 10.7 Å². The fourth-order valence-electron chi connectivity index (χ4n) is 1.49. The number of nitrogen functional groups attached to an aromatic ring is 1. The van der Waals surface area contributed by atoms with Crippen LogP contribution in [-0.2, 0) is 10.0 Å². The van der Waals surface area contributed by atoms with Crippen LogP contribution in [0.3, 0.4) is 0 Å². The van der Waals surface area contributed by atoms with Gasteiger partial charge in [0.25, 0.3) is 10.0 Å². The van der Waals surface area contributed by atoms with Gasteiger partial charge in [0.05, 0.1) is 10.7 Å². The minimum absolute atomic E-state index is 0.0155. The highest BCUT2D eigenvalue weighted by Crippen LogP contribution is 2.26. The quantitative estimate of drug-likeness (QED) is 0.592. The van der Waals surface area contributed by atoms with Crippen molar-refractivity contribution >= 4 is 33.1 Å². The van der Waals surface area contributed by atoms with Crippen LogP contribution in [0.4, 0.5) is 15.9 Å². The Balaban J connectivity index is 2.41. The largest absolute Gasteiger partial charge is 0.307 e. The van der Waals surface area contributed by atoms with Gasteiger partial charge in [-0.25, -0.2) is 23.6 Å². The van der Waals surface area contributed by atoms with Crippen molar-refractivity contribution in [3.63, 3.8) is 0 Å². The minimum Gasteiger partial charge on any atom is -0.307 e. The number of hydrazine groups is 1. The molecular formula is C11H10ClFN4O2S. The van der Waals surface area contributed by atoms with Crippen LogP contribution >= 0.6 is 11.6 Å². The van der Waals surface area contributed by atoms with Crippen molar-refractivity contribution in [2.75, 3.05) is 10.1 Å². The van der Waals surface area contributed by atoms with Gasteiger partial charge in [0.15, 0.2) is 5.82 Å². The summed E-state index contributed by atoms with van der Waals surface area (Å²) in [5.74, 6) is 4.63. The number of hydrogen-bond donors (Lipinski definition) is 3. The summed E-state index contributed by atoms with van der Waals surface area (Å²) < 4.78 is 39.6. The fraction of sp³-hybridized carbons (Fsp3) is 0. The Kier molecular flexibility index (Phi) is 4.07. The molecule has 0 amide bonds. The summed E-state index contributed by atoms with van der Waals surface area (Å²) in [6.07, 6.45) is 1.39. The van der Waals surface area contributed by atoms with Crippen molar-refractivity contribution in [3.8, 4) is 0 Å². The second kappa shape index (κ2) is 5.61. The fourth-order valence-corrected chi connectivity index (χ4v) is 2.96. The van der Waals surface area contributed by atoms with Crippen molar-refractivity contribution in [2.45, 2.75) is 4.90 Å². The number of anilines is 2. The molecule has 1 aromatic heterocycles. The maximum absolute atomic E-state index is 12.9. The first-order valence-corrected chi connectivity index (χ1v) is 7.19. The molecule has 4 N–H and O–H groups in total. The van der Waals surface area contributed by atoms with Crippen LogP contribution in [-0.4, -0.2) is 13.4 Å². The van der Waals surface area contributed by atoms with E-state index < -0.39 is 15.8 Å². The zero-order valence-corrected chi connectivity index (χ0v) is 11.5. The van der Waals surface area contributed by atoms with Gasteiger partial charge in [-0.3, -0.25) is 4.72 Å². The van der Waals surface area contributed by atoms with Gasteiger partial charge >= 0.3 is 0 Å². The Morgan fingerprint density at radius 1 is 1.30 bits per heavy atom. The molecule has 2 aromatic rings. The Morgan fingerprint density at radius 2 is 2.05 bits per heavy atom. The van der Waals surface area contributed by atoms with E-state index in [1.807, 2.05) is 0 Å². The molecule has 0 saturated carbocycles. The molecule has 0 aliphatic rings. The highest BCUT2D eigenvalue weighted by atomic mass is 35.5. The lowest BCUT2D eigenvalue weighted by Gasteiger charge is -2.11. The molecule has 2 rings (SSSR count). The van der Waals surface area contributed by atoms with Crippen LogP contribution in [0.15, 0.2) is 41.4 Å². The molecule has 106 valence electrons. The van der Waals surface area contributed by atoms with E-state index in [1.54, 1.807) is 0 Å². The van der Waals surface area contributed by atoms with Crippen LogP contribution in [0.5, 0.6) is 0 Å². The van der Waals surface area contributed by atoms with Crippen molar-refractivity contribution in [2.24, 2.45) is 5.84 Å². The number of hydrogen-bond acceptors (Lipinski definition) is 5. The number of nitrogens with two attached hydrogens (primary N) is 1. The van der Waals surface area contributed by atoms with Crippen LogP contribution in [0, 0.1) is 5.82 Å². The highest BCUT2D eigenvalue weighted by Gasteiger charge is 2.20. The molecule has 0 fully saturated rings. The van der Waals surface area contributed by atoms with Crippen molar-refractivity contribution < 1.29 is 12.8 Å². The maximum Gasteiger partial charge on any atom is 0.265 e. The Bertz CT molecular complexity index is 739. The van der Waals surface area contributed by atoms with Crippen molar-refractivity contribution in [1.82, 2.24) is 4.98 Å². The number of pyridine rings is 1. The van der Waals surface area contributed by atoms with Gasteiger partial charge in [0.2, 0.25) is 0 Å². The third-order valence-corrected chi connectivity index (χ3v) is 4.08. The van der Waals surface area contributed by atoms with Gasteiger partial charge < -0.3 is 5.43 Å². The average Bonchev–Trinajstić information content (AvgIpc) is 2.42. The van der Waals surface area contributed by atoms with Crippen LogP contribution in [0.1, 0.15) is 0 Å². The van der Waals surface area contributed by atoms with E-state index in [0.717, 1.165) is 12.1 Å². The molecule has 1 aromatic carbocycles. The summed E-state index contributed by atoms with van der Waals surface area (Å²) in [6.45, 7) is 0. The average molecular weight is 317 g/mol. The monoisotopic (exact) mass is 316 g/mol. The summed E-state index contributed by atoms with van der Waals surface area (Å²) in [6, 6.07) is 6.09. The first kappa shape index (κ1) is 14.5. The Labute approximate surface area is 119 Å². The Morgan fingerprint density at radius 3 is 2.70 bits per heavy atom. The molecule has 0 aliphatic carbocycles. The summed E-state index contributed by atoms with van der Waals surface area (Å²) in [4.78, 5) is 3.64. The first-order valence-electron chi connectivity index (χ1n) is 5.33. The van der Waals surface area contributed by atoms with E-state index >= 15 is 0 Å². The molecule has 0 aliphatic heterocycles. The van der Waals surface area contributed by atoms with E-state index in [-0.39, 0.29) is 21.4 Å². The van der Waals surface area contributed by atoms with E-state index in [1.165, 1.54) is 24.4 Å². The van der Waals surface area contributed by atoms with Crippen LogP contribution in [0.2, 0.25) is 5.02 Å². The van der Waals surface area contributed by atoms with Crippen molar-refractivity contribution in [3.05, 3.63) is 47.4 Å². The SMILES string of the molecule is NNc1ncccc1S(=O)(=O)Nc1ccc(F)cc1Cl. The predicted molar refractivity (Wildman–Crippen MR) is 74.3 cm³/mol. The molecule has 0 unspecified atom stereocenters. The lowest BCUT2D eigenvalue weighted by Crippen LogP contribution is -2.18. The summed E-state index contributed by atoms with van der Waals surface area (Å²) in [5, 5.41) is -0.0558. The number of benzene rings is 1. The minimum atomic E-state index is -3.95. The van der Waals surface area contributed by atoms with Gasteiger partial charge in [-0.2, -0.15) is 0 Å². The maximum atomic E-state index is 12.9. The van der Waals surface area contributed by atoms with Gasteiger partial charge in [0, 0.05) is 6.20 Å². The molecule has 9 heteroatoms. The summed E-state index contributed by atoms with van der Waals surface area (Å²) in [7, 11) is -3.95. The van der Waals surface area contributed by atoms with E-state index in [2.05, 4.69) is 15.1 Å². The standard InChI is InChI=1S/C11H10ClFN4O2S/c12-8-6-7(13)3-4-9(8)17-20(18,19)10-2-1-5-15-11(10)16-14/h1-6,17H,14H2,(H,15,16). The lowest BCUT2D eigenvalue weighted by atomic mass is 10.3. The van der Waals surface area contributed by atoms with Gasteiger partial charge in [-0.15, -0.1) is 0 Å². The summed E-state index contributed by atoms with van der Waals surface area (Å²) in [5.41, 5.74) is 2.24. The molecule has 1 heterocycles. The van der Waals surface area contributed by atoms with Crippen molar-refractivity contribution in [1.29, 1.82) is 0 Å². The Hall–Kier alpha value is -1.90. The molecule has 0 saturated heterocycles. The predicted octanol–water partition coefficient (Wildman–Crippen LogP) is 1.96. The van der Waals surface area contributed by atoms with Gasteiger partial charge in [-0.05, 0) is 30.3 Å². The molecule has 20 heavy (non-hydrogen) atoms. The van der Waals surface area contributed by atoms with E-state index in [9.17, 15) is 12.8 Å². The van der Waals surface area contributed by atoms with E-state index in [0.29, 0.717) is 0 Å². The normalized spacial score (nSPS) is 11.2. The smallest absolute Gasteiger partial charge is 0.265 e. The number of halogens is 2. The molecule has 0 radical (unpaired) electrons. The zero-order chi connectivity index (χ0) is 14.8. The lowest BCUT2D eigenvalue weighted by molar-refractivity contribution is 0.601. The number of nitrogens with one attached hydrogen (secondary N) is 2. The van der Waals surface area contributed by atoms with Crippen LogP contribution < -0.4 is 16.0 Å². The molecular weight excluding hydrogens is 307 g/mol. The zero-order valence-electron chi connectivity index (χ0n) is 9.97. The number of aromatic nitrogens is 1. The molecule has 0 atom stereocenters. The third-order valence-electron chi connectivity index (χ3n) is 2.37. The number of rotatable bonds is 4. The molecule has 0 spiro atoms. The first-order chi connectivity index (χ1) is 9.44. The third kappa shape index (κ3) is 2.98. The summed E-state index contributed by atoms with van der Waals surface area (Å²) >= 11 is 5.77. The topological polar surface area (TPSA) is 97.1 Å².